The van der Waals surface area contributed by atoms with Gasteiger partial charge >= 0.3 is 5.97 Å². The molecule has 2 aromatic carbocycles. The molecule has 0 aromatic heterocycles. The van der Waals surface area contributed by atoms with Crippen LogP contribution in [0, 0.1) is 6.92 Å². The number of esters is 1. The maximum Gasteiger partial charge on any atom is 0.306 e. The van der Waals surface area contributed by atoms with Crippen molar-refractivity contribution in [3.8, 4) is 0 Å². The molecule has 0 bridgehead atoms. The fourth-order valence-electron chi connectivity index (χ4n) is 2.18. The molecule has 0 radical (unpaired) electrons. The van der Waals surface area contributed by atoms with E-state index in [2.05, 4.69) is 0 Å². The van der Waals surface area contributed by atoms with Gasteiger partial charge in [-0.3, -0.25) is 4.79 Å². The number of aliphatic hydroxyl groups is 1. The van der Waals surface area contributed by atoms with Gasteiger partial charge < -0.3 is 9.84 Å². The lowest BCUT2D eigenvalue weighted by atomic mass is 9.96. The zero-order chi connectivity index (χ0) is 16.0. The Morgan fingerprint density at radius 3 is 2.36 bits per heavy atom. The first-order chi connectivity index (χ1) is 10.5. The van der Waals surface area contributed by atoms with Gasteiger partial charge in [0.25, 0.3) is 0 Å². The summed E-state index contributed by atoms with van der Waals surface area (Å²) in [5.74, 6) is -0.295. The van der Waals surface area contributed by atoms with Crippen LogP contribution in [-0.4, -0.2) is 17.7 Å². The number of ether oxygens (including phenoxy) is 1. The minimum absolute atomic E-state index is 0.0380. The number of rotatable bonds is 6. The second-order valence-electron chi connectivity index (χ2n) is 5.79. The molecule has 2 aromatic rings. The van der Waals surface area contributed by atoms with Gasteiger partial charge in [0.1, 0.15) is 12.2 Å². The van der Waals surface area contributed by atoms with Crippen LogP contribution >= 0.6 is 0 Å². The van der Waals surface area contributed by atoms with Gasteiger partial charge in [0.15, 0.2) is 0 Å². The summed E-state index contributed by atoms with van der Waals surface area (Å²) in [4.78, 5) is 11.8. The maximum atomic E-state index is 11.8. The Labute approximate surface area is 131 Å². The highest BCUT2D eigenvalue weighted by Gasteiger charge is 2.25. The lowest BCUT2D eigenvalue weighted by Crippen LogP contribution is -2.29. The van der Waals surface area contributed by atoms with E-state index in [1.807, 2.05) is 61.5 Å². The second kappa shape index (κ2) is 7.23. The van der Waals surface area contributed by atoms with E-state index in [0.29, 0.717) is 12.8 Å². The Morgan fingerprint density at radius 2 is 1.73 bits per heavy atom. The molecule has 0 aliphatic rings. The molecule has 22 heavy (non-hydrogen) atoms. The predicted molar refractivity (Wildman–Crippen MR) is 86.5 cm³/mol. The van der Waals surface area contributed by atoms with Gasteiger partial charge in [0.05, 0.1) is 0 Å². The molecule has 1 N–H and O–H groups in total. The molecule has 0 saturated carbocycles. The summed E-state index contributed by atoms with van der Waals surface area (Å²) in [5, 5.41) is 10.4. The number of carbonyl (C=O) groups is 1. The van der Waals surface area contributed by atoms with E-state index < -0.39 is 5.60 Å². The van der Waals surface area contributed by atoms with E-state index in [9.17, 15) is 9.90 Å². The second-order valence-corrected chi connectivity index (χ2v) is 5.79. The Balaban J connectivity index is 1.83. The summed E-state index contributed by atoms with van der Waals surface area (Å²) < 4.78 is 5.22. The standard InChI is InChI=1S/C19H22O3/c1-15-8-11-17(12-9-15)19(2,21)14-22-18(20)13-10-16-6-4-3-5-7-16/h3-9,11-12,21H,10,13-14H2,1-2H3. The smallest absolute Gasteiger partial charge is 0.306 e. The van der Waals surface area contributed by atoms with Crippen molar-refractivity contribution in [2.24, 2.45) is 0 Å². The number of hydrogen-bond donors (Lipinski definition) is 1. The summed E-state index contributed by atoms with van der Waals surface area (Å²) in [6, 6.07) is 17.4. The molecule has 0 fully saturated rings. The Hall–Kier alpha value is -2.13. The summed E-state index contributed by atoms with van der Waals surface area (Å²) in [6.45, 7) is 3.61. The first-order valence-electron chi connectivity index (χ1n) is 7.46. The van der Waals surface area contributed by atoms with E-state index in [1.54, 1.807) is 6.92 Å². The lowest BCUT2D eigenvalue weighted by molar-refractivity contribution is -0.151. The zero-order valence-corrected chi connectivity index (χ0v) is 13.1. The van der Waals surface area contributed by atoms with E-state index in [1.165, 1.54) is 0 Å². The fraction of sp³-hybridized carbons (Fsp3) is 0.316. The van der Waals surface area contributed by atoms with Gasteiger partial charge in [-0.25, -0.2) is 0 Å². The SMILES string of the molecule is Cc1ccc(C(C)(O)COC(=O)CCc2ccccc2)cc1. The third kappa shape index (κ3) is 4.71. The summed E-state index contributed by atoms with van der Waals surface area (Å²) >= 11 is 0. The van der Waals surface area contributed by atoms with Crippen LogP contribution in [-0.2, 0) is 21.6 Å². The van der Waals surface area contributed by atoms with E-state index in [0.717, 1.165) is 16.7 Å². The maximum absolute atomic E-state index is 11.8. The first-order valence-corrected chi connectivity index (χ1v) is 7.46. The molecule has 116 valence electrons. The van der Waals surface area contributed by atoms with Crippen LogP contribution in [0.4, 0.5) is 0 Å². The van der Waals surface area contributed by atoms with Crippen molar-refractivity contribution in [1.29, 1.82) is 0 Å². The average molecular weight is 298 g/mol. The molecule has 3 nitrogen and oxygen atoms in total. The van der Waals surface area contributed by atoms with Crippen LogP contribution in [0.2, 0.25) is 0 Å². The van der Waals surface area contributed by atoms with Crippen LogP contribution in [0.1, 0.15) is 30.0 Å². The highest BCUT2D eigenvalue weighted by molar-refractivity contribution is 5.69. The van der Waals surface area contributed by atoms with Crippen molar-refractivity contribution in [1.82, 2.24) is 0 Å². The van der Waals surface area contributed by atoms with E-state index >= 15 is 0 Å². The number of hydrogen-bond acceptors (Lipinski definition) is 3. The average Bonchev–Trinajstić information content (AvgIpc) is 2.52. The molecule has 0 spiro atoms. The highest BCUT2D eigenvalue weighted by atomic mass is 16.5. The minimum atomic E-state index is -1.17. The van der Waals surface area contributed by atoms with E-state index in [-0.39, 0.29) is 12.6 Å². The molecule has 1 unspecified atom stereocenters. The minimum Gasteiger partial charge on any atom is -0.462 e. The normalized spacial score (nSPS) is 13.4. The molecule has 0 aliphatic carbocycles. The molecule has 0 saturated heterocycles. The Kier molecular flexibility index (Phi) is 5.34. The van der Waals surface area contributed by atoms with Gasteiger partial charge in [-0.15, -0.1) is 0 Å². The zero-order valence-electron chi connectivity index (χ0n) is 13.1. The van der Waals surface area contributed by atoms with Gasteiger partial charge in [-0.1, -0.05) is 60.2 Å². The highest BCUT2D eigenvalue weighted by Crippen LogP contribution is 2.21. The number of benzene rings is 2. The third-order valence-electron chi connectivity index (χ3n) is 3.65. The van der Waals surface area contributed by atoms with Gasteiger partial charge in [0.2, 0.25) is 0 Å². The molecule has 1 atom stereocenters. The fourth-order valence-corrected chi connectivity index (χ4v) is 2.18. The van der Waals surface area contributed by atoms with Crippen molar-refractivity contribution in [2.45, 2.75) is 32.3 Å². The molecule has 0 aliphatic heterocycles. The van der Waals surface area contributed by atoms with Crippen LogP contribution in [0.25, 0.3) is 0 Å². The third-order valence-corrected chi connectivity index (χ3v) is 3.65. The summed E-state index contributed by atoms with van der Waals surface area (Å²) in [5.41, 5.74) is 1.80. The molecular formula is C19H22O3. The number of aryl methyl sites for hydroxylation is 2. The monoisotopic (exact) mass is 298 g/mol. The van der Waals surface area contributed by atoms with Crippen LogP contribution in [0.15, 0.2) is 54.6 Å². The molecular weight excluding hydrogens is 276 g/mol. The van der Waals surface area contributed by atoms with Gasteiger partial charge in [-0.2, -0.15) is 0 Å². The van der Waals surface area contributed by atoms with Crippen molar-refractivity contribution >= 4 is 5.97 Å². The topological polar surface area (TPSA) is 46.5 Å². The predicted octanol–water partition coefficient (Wildman–Crippen LogP) is 3.38. The largest absolute Gasteiger partial charge is 0.462 e. The van der Waals surface area contributed by atoms with Crippen molar-refractivity contribution in [3.05, 3.63) is 71.3 Å². The molecule has 2 rings (SSSR count). The van der Waals surface area contributed by atoms with Gasteiger partial charge in [0, 0.05) is 6.42 Å². The lowest BCUT2D eigenvalue weighted by Gasteiger charge is -2.23. The van der Waals surface area contributed by atoms with Gasteiger partial charge in [-0.05, 0) is 31.4 Å². The molecule has 3 heteroatoms. The summed E-state index contributed by atoms with van der Waals surface area (Å²) in [6.07, 6.45) is 0.959. The van der Waals surface area contributed by atoms with E-state index in [4.69, 9.17) is 4.74 Å². The van der Waals surface area contributed by atoms with Crippen molar-refractivity contribution in [2.75, 3.05) is 6.61 Å². The molecule has 0 heterocycles. The first kappa shape index (κ1) is 16.2. The summed E-state index contributed by atoms with van der Waals surface area (Å²) in [7, 11) is 0. The number of carbonyl (C=O) groups excluding carboxylic acids is 1. The van der Waals surface area contributed by atoms with Crippen molar-refractivity contribution < 1.29 is 14.6 Å². The quantitative estimate of drug-likeness (QED) is 0.832. The van der Waals surface area contributed by atoms with Crippen LogP contribution in [0.3, 0.4) is 0 Å². The molecule has 0 amide bonds. The Morgan fingerprint density at radius 1 is 1.09 bits per heavy atom. The van der Waals surface area contributed by atoms with Crippen LogP contribution < -0.4 is 0 Å². The Bertz CT molecular complexity index is 600. The van der Waals surface area contributed by atoms with Crippen LogP contribution in [0.5, 0.6) is 0 Å². The van der Waals surface area contributed by atoms with Crippen molar-refractivity contribution in [3.63, 3.8) is 0 Å².